The summed E-state index contributed by atoms with van der Waals surface area (Å²) < 4.78 is 41.2. The SMILES string of the molecule is O=C(N[C@H]1CCCCC/C=C/C2C[C@]2(C(=O)NS(=O)(=O)N2CCCC2)NC(=O)[C@@H]2CN(C(=O)OCc3cccc4ccccc34)CCN2C1=O)OC1CCCC1. The van der Waals surface area contributed by atoms with Crippen molar-refractivity contribution in [1.29, 1.82) is 0 Å². The molecule has 5 aliphatic rings. The van der Waals surface area contributed by atoms with Crippen molar-refractivity contribution in [3.63, 3.8) is 0 Å². The lowest BCUT2D eigenvalue weighted by molar-refractivity contribution is -0.146. The standard InChI is InChI=1S/C40H52N6O9S/c47-35-34-26-44(39(51)54-27-29-15-12-14-28-13-6-9-19-32(28)29)23-24-46(34)36(48)33(41-38(50)55-31-17-7-8-18-31)20-5-3-1-2-4-16-30-25-40(30,42-35)37(49)43-56(52,53)45-21-10-11-22-45/h4,6,9,12-16,19,30-31,33-34H,1-3,5,7-8,10-11,17-18,20-27H2,(H,41,50)(H,42,47)(H,43,49)/b16-4+/t30?,33-,34-,40-/m0/s1. The van der Waals surface area contributed by atoms with E-state index in [1.165, 1.54) is 14.1 Å². The second-order valence-corrected chi connectivity index (χ2v) is 17.2. The molecule has 2 aliphatic carbocycles. The summed E-state index contributed by atoms with van der Waals surface area (Å²) in [4.78, 5) is 72.3. The number of alkyl carbamates (subject to hydrolysis) is 1. The first-order valence-corrected chi connectivity index (χ1v) is 21.4. The summed E-state index contributed by atoms with van der Waals surface area (Å²) in [6.45, 7) is 0.306. The molecule has 1 unspecified atom stereocenters. The van der Waals surface area contributed by atoms with Crippen molar-refractivity contribution < 1.29 is 41.9 Å². The third-order valence-corrected chi connectivity index (χ3v) is 13.2. The van der Waals surface area contributed by atoms with Crippen LogP contribution in [0.25, 0.3) is 10.8 Å². The van der Waals surface area contributed by atoms with Gasteiger partial charge in [-0.2, -0.15) is 12.7 Å². The summed E-state index contributed by atoms with van der Waals surface area (Å²) in [5.41, 5.74) is -0.783. The smallest absolute Gasteiger partial charge is 0.410 e. The zero-order chi connectivity index (χ0) is 39.3. The van der Waals surface area contributed by atoms with Crippen LogP contribution in [0.1, 0.15) is 82.6 Å². The number of allylic oxidation sites excluding steroid dienone is 1. The molecule has 5 amide bonds. The van der Waals surface area contributed by atoms with E-state index < -0.39 is 63.7 Å². The van der Waals surface area contributed by atoms with Crippen LogP contribution in [0.4, 0.5) is 9.59 Å². The van der Waals surface area contributed by atoms with Crippen molar-refractivity contribution >= 4 is 50.9 Å². The van der Waals surface area contributed by atoms with E-state index >= 15 is 0 Å². The Hall–Kier alpha value is -4.70. The number of carbonyl (C=O) groups is 5. The average Bonchev–Trinajstić information content (AvgIpc) is 3.53. The van der Waals surface area contributed by atoms with Gasteiger partial charge in [0.2, 0.25) is 11.8 Å². The molecule has 0 radical (unpaired) electrons. The summed E-state index contributed by atoms with van der Waals surface area (Å²) in [5, 5.41) is 7.55. The number of carbonyl (C=O) groups excluding carboxylic acids is 5. The normalized spacial score (nSPS) is 27.2. The van der Waals surface area contributed by atoms with Gasteiger partial charge in [0.15, 0.2) is 0 Å². The second-order valence-electron chi connectivity index (χ2n) is 15.6. The molecule has 302 valence electrons. The van der Waals surface area contributed by atoms with Gasteiger partial charge >= 0.3 is 22.4 Å². The molecule has 3 heterocycles. The minimum atomic E-state index is -4.15. The maximum atomic E-state index is 14.5. The average molecular weight is 793 g/mol. The van der Waals surface area contributed by atoms with Crippen LogP contribution in [0.2, 0.25) is 0 Å². The van der Waals surface area contributed by atoms with Gasteiger partial charge in [-0.3, -0.25) is 14.4 Å². The first-order valence-electron chi connectivity index (χ1n) is 20.0. The zero-order valence-electron chi connectivity index (χ0n) is 31.7. The van der Waals surface area contributed by atoms with Crippen molar-refractivity contribution in [2.24, 2.45) is 5.92 Å². The molecule has 2 saturated heterocycles. The van der Waals surface area contributed by atoms with Crippen LogP contribution < -0.4 is 15.4 Å². The van der Waals surface area contributed by atoms with E-state index in [0.29, 0.717) is 45.2 Å². The molecule has 56 heavy (non-hydrogen) atoms. The Morgan fingerprint density at radius 3 is 2.43 bits per heavy atom. The highest BCUT2D eigenvalue weighted by molar-refractivity contribution is 7.87. The van der Waals surface area contributed by atoms with Gasteiger partial charge in [-0.25, -0.2) is 14.3 Å². The number of amides is 5. The molecule has 3 aliphatic heterocycles. The molecule has 2 saturated carbocycles. The topological polar surface area (TPSA) is 184 Å². The molecule has 3 N–H and O–H groups in total. The third-order valence-electron chi connectivity index (χ3n) is 11.7. The predicted molar refractivity (Wildman–Crippen MR) is 206 cm³/mol. The number of nitrogens with one attached hydrogen (secondary N) is 3. The van der Waals surface area contributed by atoms with Crippen molar-refractivity contribution in [3.05, 3.63) is 60.2 Å². The van der Waals surface area contributed by atoms with Crippen LogP contribution in [0.3, 0.4) is 0 Å². The number of hydrogen-bond donors (Lipinski definition) is 3. The molecule has 2 aromatic rings. The van der Waals surface area contributed by atoms with Crippen molar-refractivity contribution in [1.82, 2.24) is 29.5 Å². The van der Waals surface area contributed by atoms with Gasteiger partial charge in [0, 0.05) is 32.1 Å². The molecule has 0 bridgehead atoms. The summed E-state index contributed by atoms with van der Waals surface area (Å²) in [7, 11) is -4.15. The minimum Gasteiger partial charge on any atom is -0.446 e. The van der Waals surface area contributed by atoms with Crippen LogP contribution in [0.5, 0.6) is 0 Å². The maximum Gasteiger partial charge on any atom is 0.410 e. The van der Waals surface area contributed by atoms with Gasteiger partial charge in [-0.1, -0.05) is 67.5 Å². The maximum absolute atomic E-state index is 14.5. The van der Waals surface area contributed by atoms with Crippen LogP contribution in [0.15, 0.2) is 54.6 Å². The van der Waals surface area contributed by atoms with Crippen LogP contribution in [-0.2, 0) is 40.7 Å². The van der Waals surface area contributed by atoms with E-state index in [0.717, 1.165) is 54.9 Å². The Morgan fingerprint density at radius 1 is 0.875 bits per heavy atom. The Bertz CT molecular complexity index is 1940. The van der Waals surface area contributed by atoms with E-state index in [1.54, 1.807) is 0 Å². The van der Waals surface area contributed by atoms with Gasteiger partial charge in [0.1, 0.15) is 30.3 Å². The summed E-state index contributed by atoms with van der Waals surface area (Å²) >= 11 is 0. The molecular formula is C40H52N6O9S. The third kappa shape index (κ3) is 8.96. The highest BCUT2D eigenvalue weighted by Gasteiger charge is 2.61. The number of nitrogens with zero attached hydrogens (tertiary/aromatic N) is 3. The Labute approximate surface area is 327 Å². The fourth-order valence-corrected chi connectivity index (χ4v) is 9.70. The van der Waals surface area contributed by atoms with Gasteiger partial charge in [0.25, 0.3) is 5.91 Å². The second kappa shape index (κ2) is 17.2. The van der Waals surface area contributed by atoms with Crippen LogP contribution >= 0.6 is 0 Å². The van der Waals surface area contributed by atoms with Crippen molar-refractivity contribution in [2.75, 3.05) is 32.7 Å². The predicted octanol–water partition coefficient (Wildman–Crippen LogP) is 3.88. The molecule has 7 rings (SSSR count). The largest absolute Gasteiger partial charge is 0.446 e. The molecule has 0 spiro atoms. The van der Waals surface area contributed by atoms with Crippen molar-refractivity contribution in [2.45, 2.75) is 107 Å². The first-order chi connectivity index (χ1) is 27.0. The number of rotatable bonds is 7. The van der Waals surface area contributed by atoms with Gasteiger partial charge in [-0.05, 0) is 80.5 Å². The summed E-state index contributed by atoms with van der Waals surface area (Å²) in [5.74, 6) is -2.57. The van der Waals surface area contributed by atoms with E-state index in [2.05, 4.69) is 15.4 Å². The number of piperazine rings is 1. The number of fused-ring (bicyclic) bond motifs is 3. The van der Waals surface area contributed by atoms with Gasteiger partial charge in [0.05, 0.1) is 6.54 Å². The molecule has 0 aromatic heterocycles. The molecule has 16 heteroatoms. The lowest BCUT2D eigenvalue weighted by Crippen LogP contribution is -2.66. The Kier molecular flexibility index (Phi) is 12.1. The highest BCUT2D eigenvalue weighted by Crippen LogP contribution is 2.45. The van der Waals surface area contributed by atoms with E-state index in [1.807, 2.05) is 54.6 Å². The molecule has 4 atom stereocenters. The zero-order valence-corrected chi connectivity index (χ0v) is 32.5. The molecule has 4 fully saturated rings. The van der Waals surface area contributed by atoms with E-state index in [-0.39, 0.29) is 38.8 Å². The van der Waals surface area contributed by atoms with Gasteiger partial charge in [-0.15, -0.1) is 0 Å². The molecule has 2 aromatic carbocycles. The van der Waals surface area contributed by atoms with E-state index in [4.69, 9.17) is 9.47 Å². The fourth-order valence-electron chi connectivity index (χ4n) is 8.41. The lowest BCUT2D eigenvalue weighted by atomic mass is 10.0. The first kappa shape index (κ1) is 39.5. The monoisotopic (exact) mass is 792 g/mol. The summed E-state index contributed by atoms with van der Waals surface area (Å²) in [6.07, 6.45) is 10.3. The van der Waals surface area contributed by atoms with Crippen molar-refractivity contribution in [3.8, 4) is 0 Å². The van der Waals surface area contributed by atoms with E-state index in [9.17, 15) is 32.4 Å². The van der Waals surface area contributed by atoms with Crippen LogP contribution in [0, 0.1) is 5.92 Å². The molecule has 15 nitrogen and oxygen atoms in total. The number of ether oxygens (including phenoxy) is 2. The van der Waals surface area contributed by atoms with Gasteiger partial charge < -0.3 is 29.9 Å². The number of hydrogen-bond acceptors (Lipinski definition) is 9. The minimum absolute atomic E-state index is 0.0198. The Balaban J connectivity index is 1.13. The quantitative estimate of drug-likeness (QED) is 0.351. The number of benzene rings is 2. The summed E-state index contributed by atoms with van der Waals surface area (Å²) in [6, 6.07) is 11.2. The molecular weight excluding hydrogens is 741 g/mol. The highest BCUT2D eigenvalue weighted by atomic mass is 32.2. The lowest BCUT2D eigenvalue weighted by Gasteiger charge is -2.41. The Morgan fingerprint density at radius 2 is 1.62 bits per heavy atom. The fraction of sp³-hybridized carbons (Fsp3) is 0.575. The van der Waals surface area contributed by atoms with Crippen LogP contribution in [-0.4, -0.2) is 109 Å².